The van der Waals surface area contributed by atoms with Gasteiger partial charge < -0.3 is 4.90 Å². The SMILES string of the molecule is C=CC(=O)N1CC2CN(C(C)(C)C)CC2C1. The van der Waals surface area contributed by atoms with E-state index in [2.05, 4.69) is 32.3 Å². The van der Waals surface area contributed by atoms with Gasteiger partial charge in [-0.2, -0.15) is 0 Å². The summed E-state index contributed by atoms with van der Waals surface area (Å²) in [6, 6.07) is 0. The van der Waals surface area contributed by atoms with Gasteiger partial charge in [0.2, 0.25) is 5.91 Å². The summed E-state index contributed by atoms with van der Waals surface area (Å²) in [7, 11) is 0. The molecule has 2 saturated heterocycles. The van der Waals surface area contributed by atoms with Crippen molar-refractivity contribution in [2.24, 2.45) is 11.8 Å². The summed E-state index contributed by atoms with van der Waals surface area (Å²) >= 11 is 0. The van der Waals surface area contributed by atoms with Crippen LogP contribution in [0.1, 0.15) is 20.8 Å². The number of amides is 1. The lowest BCUT2D eigenvalue weighted by atomic mass is 10.0. The first-order valence-electron chi connectivity index (χ1n) is 6.08. The molecular formula is C13H22N2O. The predicted octanol–water partition coefficient (Wildman–Crippen LogP) is 1.36. The van der Waals surface area contributed by atoms with E-state index in [-0.39, 0.29) is 11.4 Å². The maximum Gasteiger partial charge on any atom is 0.245 e. The van der Waals surface area contributed by atoms with E-state index in [1.807, 2.05) is 4.90 Å². The van der Waals surface area contributed by atoms with Crippen LogP contribution in [0.15, 0.2) is 12.7 Å². The molecule has 2 fully saturated rings. The summed E-state index contributed by atoms with van der Waals surface area (Å²) in [5.41, 5.74) is 0.262. The van der Waals surface area contributed by atoms with Gasteiger partial charge in [-0.25, -0.2) is 0 Å². The van der Waals surface area contributed by atoms with Crippen LogP contribution in [0.2, 0.25) is 0 Å². The van der Waals surface area contributed by atoms with E-state index < -0.39 is 0 Å². The Morgan fingerprint density at radius 1 is 1.19 bits per heavy atom. The molecule has 0 aromatic carbocycles. The van der Waals surface area contributed by atoms with E-state index in [9.17, 15) is 4.79 Å². The molecule has 2 unspecified atom stereocenters. The van der Waals surface area contributed by atoms with Gasteiger partial charge in [-0.15, -0.1) is 0 Å². The summed E-state index contributed by atoms with van der Waals surface area (Å²) in [6.45, 7) is 14.5. The zero-order chi connectivity index (χ0) is 11.9. The molecule has 2 atom stereocenters. The Labute approximate surface area is 98.1 Å². The zero-order valence-electron chi connectivity index (χ0n) is 10.6. The summed E-state index contributed by atoms with van der Waals surface area (Å²) in [5.74, 6) is 1.43. The molecule has 90 valence electrons. The maximum atomic E-state index is 11.5. The van der Waals surface area contributed by atoms with E-state index in [1.54, 1.807) is 0 Å². The van der Waals surface area contributed by atoms with Gasteiger partial charge in [0.1, 0.15) is 0 Å². The smallest absolute Gasteiger partial charge is 0.245 e. The third-order valence-corrected chi connectivity index (χ3v) is 3.92. The van der Waals surface area contributed by atoms with Gasteiger partial charge in [-0.05, 0) is 38.7 Å². The molecule has 0 saturated carbocycles. The summed E-state index contributed by atoms with van der Waals surface area (Å²) in [6.07, 6.45) is 1.43. The topological polar surface area (TPSA) is 23.6 Å². The van der Waals surface area contributed by atoms with E-state index in [0.29, 0.717) is 11.8 Å². The van der Waals surface area contributed by atoms with Crippen LogP contribution in [0.25, 0.3) is 0 Å². The molecule has 0 radical (unpaired) electrons. The van der Waals surface area contributed by atoms with Crippen molar-refractivity contribution >= 4 is 5.91 Å². The molecule has 16 heavy (non-hydrogen) atoms. The average molecular weight is 222 g/mol. The fourth-order valence-electron chi connectivity index (χ4n) is 2.85. The molecular weight excluding hydrogens is 200 g/mol. The number of hydrogen-bond acceptors (Lipinski definition) is 2. The molecule has 0 aromatic heterocycles. The van der Waals surface area contributed by atoms with Gasteiger partial charge >= 0.3 is 0 Å². The average Bonchev–Trinajstić information content (AvgIpc) is 2.71. The van der Waals surface area contributed by atoms with Crippen LogP contribution in [0.5, 0.6) is 0 Å². The lowest BCUT2D eigenvalue weighted by Gasteiger charge is -2.33. The molecule has 1 amide bonds. The number of fused-ring (bicyclic) bond motifs is 1. The van der Waals surface area contributed by atoms with Gasteiger partial charge in [0.05, 0.1) is 0 Å². The number of likely N-dealkylation sites (tertiary alicyclic amines) is 2. The fourth-order valence-corrected chi connectivity index (χ4v) is 2.85. The lowest BCUT2D eigenvalue weighted by molar-refractivity contribution is -0.125. The summed E-state index contributed by atoms with van der Waals surface area (Å²) in [4.78, 5) is 16.0. The van der Waals surface area contributed by atoms with Crippen LogP contribution in [0, 0.1) is 11.8 Å². The predicted molar refractivity (Wildman–Crippen MR) is 65.1 cm³/mol. The summed E-state index contributed by atoms with van der Waals surface area (Å²) in [5, 5.41) is 0. The molecule has 0 aliphatic carbocycles. The van der Waals surface area contributed by atoms with Crippen molar-refractivity contribution in [1.29, 1.82) is 0 Å². The highest BCUT2D eigenvalue weighted by Gasteiger charge is 2.43. The number of rotatable bonds is 1. The van der Waals surface area contributed by atoms with Crippen molar-refractivity contribution in [3.63, 3.8) is 0 Å². The molecule has 0 aromatic rings. The molecule has 2 heterocycles. The maximum absolute atomic E-state index is 11.5. The van der Waals surface area contributed by atoms with Crippen molar-refractivity contribution in [2.75, 3.05) is 26.2 Å². The van der Waals surface area contributed by atoms with E-state index in [4.69, 9.17) is 0 Å². The minimum atomic E-state index is 0.0942. The fraction of sp³-hybridized carbons (Fsp3) is 0.769. The van der Waals surface area contributed by atoms with Crippen LogP contribution in [-0.2, 0) is 4.79 Å². The molecule has 0 N–H and O–H groups in total. The number of carbonyl (C=O) groups is 1. The lowest BCUT2D eigenvalue weighted by Crippen LogP contribution is -2.42. The second-order valence-corrected chi connectivity index (χ2v) is 6.04. The Kier molecular flexibility index (Phi) is 2.82. The second kappa shape index (κ2) is 3.88. The first-order valence-corrected chi connectivity index (χ1v) is 6.08. The first kappa shape index (κ1) is 11.6. The minimum absolute atomic E-state index is 0.0942. The first-order chi connectivity index (χ1) is 7.41. The Balaban J connectivity index is 1.96. The molecule has 2 aliphatic rings. The number of carbonyl (C=O) groups excluding carboxylic acids is 1. The van der Waals surface area contributed by atoms with Gasteiger partial charge in [0.15, 0.2) is 0 Å². The molecule has 0 bridgehead atoms. The van der Waals surface area contributed by atoms with Crippen molar-refractivity contribution in [3.8, 4) is 0 Å². The van der Waals surface area contributed by atoms with Crippen molar-refractivity contribution in [3.05, 3.63) is 12.7 Å². The van der Waals surface area contributed by atoms with E-state index in [1.165, 1.54) is 6.08 Å². The van der Waals surface area contributed by atoms with Crippen LogP contribution in [0.3, 0.4) is 0 Å². The molecule has 2 rings (SSSR count). The van der Waals surface area contributed by atoms with Gasteiger partial charge in [-0.3, -0.25) is 9.69 Å². The van der Waals surface area contributed by atoms with Crippen LogP contribution < -0.4 is 0 Å². The Bertz CT molecular complexity index is 292. The number of nitrogens with zero attached hydrogens (tertiary/aromatic N) is 2. The highest BCUT2D eigenvalue weighted by atomic mass is 16.2. The second-order valence-electron chi connectivity index (χ2n) is 6.04. The van der Waals surface area contributed by atoms with E-state index >= 15 is 0 Å². The number of hydrogen-bond donors (Lipinski definition) is 0. The van der Waals surface area contributed by atoms with E-state index in [0.717, 1.165) is 26.2 Å². The van der Waals surface area contributed by atoms with Gasteiger partial charge in [-0.1, -0.05) is 6.58 Å². The Morgan fingerprint density at radius 3 is 2.06 bits per heavy atom. The normalized spacial score (nSPS) is 30.6. The van der Waals surface area contributed by atoms with Crippen molar-refractivity contribution < 1.29 is 4.79 Å². The van der Waals surface area contributed by atoms with Gasteiger partial charge in [0.25, 0.3) is 0 Å². The third kappa shape index (κ3) is 2.01. The van der Waals surface area contributed by atoms with Crippen molar-refractivity contribution in [2.45, 2.75) is 26.3 Å². The monoisotopic (exact) mass is 222 g/mol. The van der Waals surface area contributed by atoms with Crippen LogP contribution >= 0.6 is 0 Å². The van der Waals surface area contributed by atoms with Gasteiger partial charge in [0, 0.05) is 31.7 Å². The third-order valence-electron chi connectivity index (χ3n) is 3.92. The molecule has 0 spiro atoms. The minimum Gasteiger partial charge on any atom is -0.339 e. The standard InChI is InChI=1S/C13H22N2O/c1-5-12(16)14-6-10-8-15(13(2,3)4)9-11(10)7-14/h5,10-11H,1,6-9H2,2-4H3. The van der Waals surface area contributed by atoms with Crippen molar-refractivity contribution in [1.82, 2.24) is 9.80 Å². The highest BCUT2D eigenvalue weighted by molar-refractivity contribution is 5.87. The summed E-state index contributed by atoms with van der Waals surface area (Å²) < 4.78 is 0. The largest absolute Gasteiger partial charge is 0.339 e. The molecule has 2 aliphatic heterocycles. The molecule has 3 heteroatoms. The van der Waals surface area contributed by atoms with Crippen LogP contribution in [0.4, 0.5) is 0 Å². The Hall–Kier alpha value is -0.830. The quantitative estimate of drug-likeness (QED) is 0.625. The molecule has 3 nitrogen and oxygen atoms in total. The van der Waals surface area contributed by atoms with Crippen LogP contribution in [-0.4, -0.2) is 47.4 Å². The zero-order valence-corrected chi connectivity index (χ0v) is 10.6. The highest BCUT2D eigenvalue weighted by Crippen LogP contribution is 2.34. The Morgan fingerprint density at radius 2 is 1.69 bits per heavy atom.